The number of hydrogen-bond acceptors (Lipinski definition) is 2. The van der Waals surface area contributed by atoms with Crippen LogP contribution in [-0.2, 0) is 9.53 Å². The first-order valence-corrected chi connectivity index (χ1v) is 11.7. The molecule has 0 heterocycles. The number of rotatable bonds is 14. The number of allylic oxidation sites excluding steroid dienone is 4. The van der Waals surface area contributed by atoms with Gasteiger partial charge in [-0.2, -0.15) is 0 Å². The number of ether oxygens (including phenoxy) is 1. The van der Waals surface area contributed by atoms with Crippen LogP contribution < -0.4 is 0 Å². The van der Waals surface area contributed by atoms with Crippen molar-refractivity contribution in [1.29, 1.82) is 0 Å². The molecular weight excluding hydrogens is 356 g/mol. The van der Waals surface area contributed by atoms with E-state index >= 15 is 0 Å². The van der Waals surface area contributed by atoms with Crippen molar-refractivity contribution in [2.45, 2.75) is 90.4 Å². The van der Waals surface area contributed by atoms with E-state index < -0.39 is 0 Å². The maximum Gasteiger partial charge on any atom is 0.129 e. The molecule has 0 saturated heterocycles. The van der Waals surface area contributed by atoms with Crippen LogP contribution in [0.3, 0.4) is 0 Å². The number of hydrogen-bond donors (Lipinski definition) is 0. The van der Waals surface area contributed by atoms with Crippen molar-refractivity contribution in [1.82, 2.24) is 0 Å². The van der Waals surface area contributed by atoms with Crippen molar-refractivity contribution in [3.63, 3.8) is 0 Å². The molecule has 0 aromatic heterocycles. The molecule has 0 saturated carbocycles. The van der Waals surface area contributed by atoms with E-state index in [0.717, 1.165) is 17.7 Å². The fraction of sp³-hybridized carbons (Fsp3) is 0.556. The van der Waals surface area contributed by atoms with Crippen LogP contribution in [0.15, 0.2) is 59.4 Å². The minimum absolute atomic E-state index is 0.128. The van der Waals surface area contributed by atoms with Gasteiger partial charge in [0.1, 0.15) is 11.7 Å². The lowest BCUT2D eigenvalue weighted by Gasteiger charge is -2.26. The lowest BCUT2D eigenvalue weighted by Crippen LogP contribution is -2.14. The maximum absolute atomic E-state index is 11.6. The fourth-order valence-electron chi connectivity index (χ4n) is 4.11. The number of benzene rings is 1. The van der Waals surface area contributed by atoms with Crippen LogP contribution in [0.2, 0.25) is 0 Å². The summed E-state index contributed by atoms with van der Waals surface area (Å²) in [5, 5.41) is 0. The normalized spacial score (nSPS) is 16.2. The van der Waals surface area contributed by atoms with Crippen molar-refractivity contribution in [3.8, 4) is 0 Å². The summed E-state index contributed by atoms with van der Waals surface area (Å²) in [6.07, 6.45) is 18.4. The lowest BCUT2D eigenvalue weighted by atomic mass is 9.83. The third-order valence-electron chi connectivity index (χ3n) is 5.70. The smallest absolute Gasteiger partial charge is 0.129 e. The number of carbonyl (C=O) groups excluding carboxylic acids is 1. The topological polar surface area (TPSA) is 26.3 Å². The second-order valence-electron chi connectivity index (χ2n) is 7.99. The average molecular weight is 395 g/mol. The molecule has 0 spiro atoms. The van der Waals surface area contributed by atoms with E-state index in [0.29, 0.717) is 12.2 Å². The molecule has 1 atom stereocenters. The molecule has 0 fully saturated rings. The van der Waals surface area contributed by atoms with E-state index in [1.54, 1.807) is 0 Å². The largest absolute Gasteiger partial charge is 0.497 e. The van der Waals surface area contributed by atoms with Gasteiger partial charge < -0.3 is 4.74 Å². The summed E-state index contributed by atoms with van der Waals surface area (Å²) >= 11 is 0. The van der Waals surface area contributed by atoms with Crippen molar-refractivity contribution in [2.24, 2.45) is 0 Å². The summed E-state index contributed by atoms with van der Waals surface area (Å²) in [7, 11) is 0. The molecule has 0 aliphatic heterocycles. The second kappa shape index (κ2) is 14.0. The Bertz CT molecular complexity index is 693. The van der Waals surface area contributed by atoms with Crippen LogP contribution >= 0.6 is 0 Å². The van der Waals surface area contributed by atoms with Gasteiger partial charge in [0, 0.05) is 0 Å². The van der Waals surface area contributed by atoms with E-state index in [-0.39, 0.29) is 5.92 Å². The summed E-state index contributed by atoms with van der Waals surface area (Å²) in [5.74, 6) is 2.95. The monoisotopic (exact) mass is 394 g/mol. The standard InChI is InChI=1S/C27H38O2/c1-3-5-6-7-8-9-10-11-12-14-19-24-20-21-25(22-28)26(27(24)29-4-2)23-17-15-13-16-18-23/h13,15-18,20-21,26H,3-12,14,19H2,1-2H3. The third-order valence-corrected chi connectivity index (χ3v) is 5.70. The van der Waals surface area contributed by atoms with Crippen molar-refractivity contribution >= 4 is 5.94 Å². The molecule has 0 amide bonds. The molecule has 2 nitrogen and oxygen atoms in total. The first kappa shape index (κ1) is 23.2. The first-order valence-electron chi connectivity index (χ1n) is 11.7. The van der Waals surface area contributed by atoms with E-state index in [1.807, 2.05) is 31.2 Å². The molecular formula is C27H38O2. The first-order chi connectivity index (χ1) is 14.3. The minimum Gasteiger partial charge on any atom is -0.497 e. The lowest BCUT2D eigenvalue weighted by molar-refractivity contribution is 0.210. The Labute approximate surface area is 177 Å². The second-order valence-corrected chi connectivity index (χ2v) is 7.99. The Morgan fingerprint density at radius 3 is 2.03 bits per heavy atom. The maximum atomic E-state index is 11.6. The Balaban J connectivity index is 1.88. The summed E-state index contributed by atoms with van der Waals surface area (Å²) in [6.45, 7) is 4.89. The van der Waals surface area contributed by atoms with Gasteiger partial charge >= 0.3 is 0 Å². The zero-order valence-electron chi connectivity index (χ0n) is 18.4. The van der Waals surface area contributed by atoms with E-state index in [4.69, 9.17) is 4.74 Å². The van der Waals surface area contributed by atoms with Crippen LogP contribution in [0.25, 0.3) is 0 Å². The van der Waals surface area contributed by atoms with E-state index in [1.165, 1.54) is 69.8 Å². The molecule has 0 N–H and O–H groups in total. The summed E-state index contributed by atoms with van der Waals surface area (Å²) in [5.41, 5.74) is 2.99. The molecule has 2 heteroatoms. The van der Waals surface area contributed by atoms with Gasteiger partial charge in [-0.05, 0) is 37.0 Å². The van der Waals surface area contributed by atoms with Gasteiger partial charge in [0.25, 0.3) is 0 Å². The summed E-state index contributed by atoms with van der Waals surface area (Å²) in [4.78, 5) is 11.6. The summed E-state index contributed by atoms with van der Waals surface area (Å²) in [6, 6.07) is 10.2. The van der Waals surface area contributed by atoms with Crippen LogP contribution in [-0.4, -0.2) is 12.5 Å². The molecule has 1 aliphatic rings. The van der Waals surface area contributed by atoms with Gasteiger partial charge in [-0.25, -0.2) is 4.79 Å². The van der Waals surface area contributed by atoms with Gasteiger partial charge in [0.05, 0.1) is 18.1 Å². The van der Waals surface area contributed by atoms with Gasteiger partial charge in [0.15, 0.2) is 0 Å². The molecule has 0 radical (unpaired) electrons. The van der Waals surface area contributed by atoms with Gasteiger partial charge in [-0.3, -0.25) is 0 Å². The highest BCUT2D eigenvalue weighted by molar-refractivity contribution is 5.66. The Kier molecular flexibility index (Phi) is 11.2. The van der Waals surface area contributed by atoms with Crippen LogP contribution in [0.5, 0.6) is 0 Å². The molecule has 29 heavy (non-hydrogen) atoms. The van der Waals surface area contributed by atoms with Crippen LogP contribution in [0, 0.1) is 0 Å². The highest BCUT2D eigenvalue weighted by atomic mass is 16.5. The molecule has 0 bridgehead atoms. The predicted molar refractivity (Wildman–Crippen MR) is 123 cm³/mol. The molecule has 1 unspecified atom stereocenters. The average Bonchev–Trinajstić information content (AvgIpc) is 2.76. The highest BCUT2D eigenvalue weighted by Gasteiger charge is 2.27. The van der Waals surface area contributed by atoms with Crippen LogP contribution in [0.4, 0.5) is 0 Å². The van der Waals surface area contributed by atoms with E-state index in [2.05, 4.69) is 31.1 Å². The van der Waals surface area contributed by atoms with Crippen molar-refractivity contribution in [3.05, 3.63) is 65.0 Å². The number of unbranched alkanes of at least 4 members (excludes halogenated alkanes) is 9. The van der Waals surface area contributed by atoms with Crippen molar-refractivity contribution in [2.75, 3.05) is 6.61 Å². The Hall–Kier alpha value is -2.05. The molecule has 2 rings (SSSR count). The molecule has 1 aromatic carbocycles. The SMILES string of the molecule is CCCCCCCCCCCCC1=C(OCC)C(c2ccccc2)C(=C=O)C=C1. The minimum atomic E-state index is -0.128. The van der Waals surface area contributed by atoms with Gasteiger partial charge in [-0.1, -0.05) is 101 Å². The van der Waals surface area contributed by atoms with Crippen molar-refractivity contribution < 1.29 is 9.53 Å². The quantitative estimate of drug-likeness (QED) is 0.239. The Morgan fingerprint density at radius 2 is 1.45 bits per heavy atom. The summed E-state index contributed by atoms with van der Waals surface area (Å²) < 4.78 is 6.07. The third kappa shape index (κ3) is 7.71. The van der Waals surface area contributed by atoms with Crippen LogP contribution in [0.1, 0.15) is 96.0 Å². The van der Waals surface area contributed by atoms with Gasteiger partial charge in [-0.15, -0.1) is 0 Å². The highest BCUT2D eigenvalue weighted by Crippen LogP contribution is 2.39. The zero-order valence-corrected chi connectivity index (χ0v) is 18.4. The molecule has 1 aromatic rings. The fourth-order valence-corrected chi connectivity index (χ4v) is 4.11. The Morgan fingerprint density at radius 1 is 0.828 bits per heavy atom. The van der Waals surface area contributed by atoms with Gasteiger partial charge in [0.2, 0.25) is 0 Å². The molecule has 1 aliphatic carbocycles. The predicted octanol–water partition coefficient (Wildman–Crippen LogP) is 7.70. The van der Waals surface area contributed by atoms with E-state index in [9.17, 15) is 4.79 Å². The molecule has 158 valence electrons. The zero-order chi connectivity index (χ0) is 20.7.